The number of nitrogens with one attached hydrogen (secondary N) is 1. The predicted octanol–water partition coefficient (Wildman–Crippen LogP) is 1.46. The largest absolute Gasteiger partial charge is 0.354 e. The van der Waals surface area contributed by atoms with Crippen LogP contribution in [0.25, 0.3) is 0 Å². The molecule has 2 amide bonds. The standard InChI is InChI=1S/C24H30N4O4S/c1-19-6-8-20(9-7-19)17-26-11-3-12-27(15-14-26)24(30)21-4-2-5-22(16-21)33(31,32)28-13-10-25-23(29)18-28/h2,4-9,16H,3,10-15,17-18H2,1H3,(H,25,29). The van der Waals surface area contributed by atoms with Crippen molar-refractivity contribution in [1.82, 2.24) is 19.4 Å². The Morgan fingerprint density at radius 2 is 1.79 bits per heavy atom. The molecule has 2 aliphatic heterocycles. The van der Waals surface area contributed by atoms with Crippen molar-refractivity contribution < 1.29 is 18.0 Å². The van der Waals surface area contributed by atoms with Crippen LogP contribution in [0, 0.1) is 6.92 Å². The quantitative estimate of drug-likeness (QED) is 0.715. The summed E-state index contributed by atoms with van der Waals surface area (Å²) >= 11 is 0. The van der Waals surface area contributed by atoms with Crippen LogP contribution in [0.4, 0.5) is 0 Å². The molecule has 0 bridgehead atoms. The number of piperazine rings is 1. The van der Waals surface area contributed by atoms with Crippen molar-refractivity contribution in [3.05, 3.63) is 65.2 Å². The molecule has 4 rings (SSSR count). The van der Waals surface area contributed by atoms with E-state index in [4.69, 9.17) is 0 Å². The number of rotatable bonds is 5. The lowest BCUT2D eigenvalue weighted by Crippen LogP contribution is -2.49. The minimum atomic E-state index is -3.84. The maximum absolute atomic E-state index is 13.2. The number of amides is 2. The van der Waals surface area contributed by atoms with Crippen LogP contribution >= 0.6 is 0 Å². The number of nitrogens with zero attached hydrogens (tertiary/aromatic N) is 3. The summed E-state index contributed by atoms with van der Waals surface area (Å²) in [5, 5.41) is 2.63. The van der Waals surface area contributed by atoms with Gasteiger partial charge in [0.15, 0.2) is 0 Å². The highest BCUT2D eigenvalue weighted by Crippen LogP contribution is 2.20. The number of carbonyl (C=O) groups excluding carboxylic acids is 2. The van der Waals surface area contributed by atoms with Gasteiger partial charge in [-0.1, -0.05) is 35.9 Å². The van der Waals surface area contributed by atoms with Crippen molar-refractivity contribution in [2.75, 3.05) is 45.8 Å². The second-order valence-corrected chi connectivity index (χ2v) is 10.6. The Labute approximate surface area is 195 Å². The lowest BCUT2D eigenvalue weighted by atomic mass is 10.1. The number of benzene rings is 2. The van der Waals surface area contributed by atoms with Crippen LogP contribution in [-0.2, 0) is 21.4 Å². The third-order valence-corrected chi connectivity index (χ3v) is 7.97. The molecule has 2 aromatic carbocycles. The van der Waals surface area contributed by atoms with Crippen LogP contribution in [0.3, 0.4) is 0 Å². The molecule has 0 spiro atoms. The van der Waals surface area contributed by atoms with E-state index in [1.165, 1.54) is 23.3 Å². The summed E-state index contributed by atoms with van der Waals surface area (Å²) in [6.45, 7) is 6.11. The molecule has 33 heavy (non-hydrogen) atoms. The Morgan fingerprint density at radius 3 is 2.55 bits per heavy atom. The van der Waals surface area contributed by atoms with Crippen molar-refractivity contribution in [3.8, 4) is 0 Å². The zero-order valence-corrected chi connectivity index (χ0v) is 19.7. The zero-order chi connectivity index (χ0) is 23.4. The summed E-state index contributed by atoms with van der Waals surface area (Å²) in [4.78, 5) is 29.0. The normalized spacial score (nSPS) is 18.6. The summed E-state index contributed by atoms with van der Waals surface area (Å²) in [6, 6.07) is 14.6. The van der Waals surface area contributed by atoms with E-state index < -0.39 is 10.0 Å². The maximum Gasteiger partial charge on any atom is 0.253 e. The Kier molecular flexibility index (Phi) is 7.11. The summed E-state index contributed by atoms with van der Waals surface area (Å²) in [6.07, 6.45) is 0.860. The van der Waals surface area contributed by atoms with Crippen LogP contribution < -0.4 is 5.32 Å². The summed E-state index contributed by atoms with van der Waals surface area (Å²) in [5.41, 5.74) is 2.84. The first-order valence-corrected chi connectivity index (χ1v) is 12.7. The van der Waals surface area contributed by atoms with E-state index in [0.29, 0.717) is 18.7 Å². The number of sulfonamides is 1. The first-order chi connectivity index (χ1) is 15.8. The minimum absolute atomic E-state index is 0.0406. The van der Waals surface area contributed by atoms with Crippen molar-refractivity contribution in [2.45, 2.75) is 24.8 Å². The van der Waals surface area contributed by atoms with Crippen LogP contribution in [0.15, 0.2) is 53.4 Å². The number of hydrogen-bond donors (Lipinski definition) is 1. The topological polar surface area (TPSA) is 90.0 Å². The lowest BCUT2D eigenvalue weighted by molar-refractivity contribution is -0.122. The molecule has 0 aliphatic carbocycles. The Bertz CT molecular complexity index is 1120. The third-order valence-electron chi connectivity index (χ3n) is 6.12. The molecule has 0 radical (unpaired) electrons. The van der Waals surface area contributed by atoms with Gasteiger partial charge in [0.1, 0.15) is 0 Å². The molecule has 0 unspecified atom stereocenters. The van der Waals surface area contributed by atoms with Gasteiger partial charge in [0.05, 0.1) is 11.4 Å². The van der Waals surface area contributed by atoms with Crippen LogP contribution in [0.2, 0.25) is 0 Å². The molecule has 2 aliphatic rings. The molecule has 0 saturated carbocycles. The van der Waals surface area contributed by atoms with E-state index in [-0.39, 0.29) is 36.3 Å². The third kappa shape index (κ3) is 5.61. The zero-order valence-electron chi connectivity index (χ0n) is 18.9. The van der Waals surface area contributed by atoms with E-state index >= 15 is 0 Å². The first-order valence-electron chi connectivity index (χ1n) is 11.3. The molecule has 2 saturated heterocycles. The van der Waals surface area contributed by atoms with Gasteiger partial charge in [-0.2, -0.15) is 4.31 Å². The van der Waals surface area contributed by atoms with Crippen LogP contribution in [0.1, 0.15) is 27.9 Å². The molecule has 2 heterocycles. The molecular formula is C24H30N4O4S. The second kappa shape index (κ2) is 10.0. The van der Waals surface area contributed by atoms with Gasteiger partial charge in [-0.25, -0.2) is 8.42 Å². The summed E-state index contributed by atoms with van der Waals surface area (Å²) in [7, 11) is -3.84. The average molecular weight is 471 g/mol. The SMILES string of the molecule is Cc1ccc(CN2CCCN(C(=O)c3cccc(S(=O)(=O)N4CCNC(=O)C4)c3)CC2)cc1. The fourth-order valence-corrected chi connectivity index (χ4v) is 5.67. The van der Waals surface area contributed by atoms with Crippen LogP contribution in [0.5, 0.6) is 0 Å². The summed E-state index contributed by atoms with van der Waals surface area (Å²) < 4.78 is 27.1. The lowest BCUT2D eigenvalue weighted by Gasteiger charge is -2.26. The summed E-state index contributed by atoms with van der Waals surface area (Å²) in [5.74, 6) is -0.488. The van der Waals surface area contributed by atoms with E-state index in [1.54, 1.807) is 17.0 Å². The van der Waals surface area contributed by atoms with Gasteiger partial charge < -0.3 is 10.2 Å². The fourth-order valence-electron chi connectivity index (χ4n) is 4.23. The van der Waals surface area contributed by atoms with E-state index in [1.807, 2.05) is 0 Å². The molecule has 8 nitrogen and oxygen atoms in total. The highest BCUT2D eigenvalue weighted by Gasteiger charge is 2.30. The first kappa shape index (κ1) is 23.4. The highest BCUT2D eigenvalue weighted by molar-refractivity contribution is 7.89. The molecule has 0 aromatic heterocycles. The van der Waals surface area contributed by atoms with Gasteiger partial charge in [-0.15, -0.1) is 0 Å². The fraction of sp³-hybridized carbons (Fsp3) is 0.417. The molecule has 0 atom stereocenters. The van der Waals surface area contributed by atoms with Crippen molar-refractivity contribution >= 4 is 21.8 Å². The maximum atomic E-state index is 13.2. The molecule has 2 aromatic rings. The Morgan fingerprint density at radius 1 is 1.00 bits per heavy atom. The van der Waals surface area contributed by atoms with E-state index in [0.717, 1.165) is 30.4 Å². The van der Waals surface area contributed by atoms with Crippen molar-refractivity contribution in [2.24, 2.45) is 0 Å². The number of carbonyl (C=O) groups is 2. The minimum Gasteiger partial charge on any atom is -0.354 e. The molecular weight excluding hydrogens is 440 g/mol. The van der Waals surface area contributed by atoms with Crippen molar-refractivity contribution in [3.63, 3.8) is 0 Å². The van der Waals surface area contributed by atoms with Gasteiger partial charge in [-0.3, -0.25) is 14.5 Å². The van der Waals surface area contributed by atoms with Crippen molar-refractivity contribution in [1.29, 1.82) is 0 Å². The molecule has 9 heteroatoms. The molecule has 2 fully saturated rings. The van der Waals surface area contributed by atoms with E-state index in [2.05, 4.69) is 41.4 Å². The second-order valence-electron chi connectivity index (χ2n) is 8.62. The monoisotopic (exact) mass is 470 g/mol. The van der Waals surface area contributed by atoms with Crippen LogP contribution in [-0.4, -0.2) is 80.2 Å². The molecule has 176 valence electrons. The van der Waals surface area contributed by atoms with E-state index in [9.17, 15) is 18.0 Å². The Balaban J connectivity index is 1.43. The highest BCUT2D eigenvalue weighted by atomic mass is 32.2. The van der Waals surface area contributed by atoms with Gasteiger partial charge in [0.25, 0.3) is 5.91 Å². The van der Waals surface area contributed by atoms with Gasteiger partial charge in [-0.05, 0) is 37.1 Å². The Hall–Kier alpha value is -2.75. The number of aryl methyl sites for hydroxylation is 1. The average Bonchev–Trinajstić information content (AvgIpc) is 3.06. The number of hydrogen-bond acceptors (Lipinski definition) is 5. The van der Waals surface area contributed by atoms with Gasteiger partial charge >= 0.3 is 0 Å². The van der Waals surface area contributed by atoms with Gasteiger partial charge in [0.2, 0.25) is 15.9 Å². The predicted molar refractivity (Wildman–Crippen MR) is 125 cm³/mol. The van der Waals surface area contributed by atoms with Gasteiger partial charge in [0, 0.05) is 51.4 Å². The molecule has 1 N–H and O–H groups in total. The smallest absolute Gasteiger partial charge is 0.253 e.